The van der Waals surface area contributed by atoms with E-state index in [1.54, 1.807) is 42.6 Å². The van der Waals surface area contributed by atoms with Crippen molar-refractivity contribution in [3.05, 3.63) is 88.4 Å². The quantitative estimate of drug-likeness (QED) is 0.250. The summed E-state index contributed by atoms with van der Waals surface area (Å²) in [6, 6.07) is 21.9. The summed E-state index contributed by atoms with van der Waals surface area (Å²) in [7, 11) is 0. The fourth-order valence-electron chi connectivity index (χ4n) is 2.40. The minimum atomic E-state index is -0.406. The number of aliphatic imine (C=N–C) groups is 1. The third-order valence-electron chi connectivity index (χ3n) is 3.83. The van der Waals surface area contributed by atoms with Gasteiger partial charge in [0.05, 0.1) is 17.9 Å². The predicted molar refractivity (Wildman–Crippen MR) is 115 cm³/mol. The molecule has 0 unspecified atom stereocenters. The van der Waals surface area contributed by atoms with Gasteiger partial charge in [0.2, 0.25) is 0 Å². The molecule has 0 heterocycles. The van der Waals surface area contributed by atoms with Crippen LogP contribution in [0, 0.1) is 0 Å². The highest BCUT2D eigenvalue weighted by Crippen LogP contribution is 2.20. The zero-order chi connectivity index (χ0) is 19.8. The van der Waals surface area contributed by atoms with Gasteiger partial charge in [-0.1, -0.05) is 28.9 Å². The summed E-state index contributed by atoms with van der Waals surface area (Å²) >= 11 is 3.36. The molecule has 0 spiro atoms. The van der Waals surface area contributed by atoms with Gasteiger partial charge in [0, 0.05) is 10.7 Å². The number of carbonyl (C=O) groups is 1. The summed E-state index contributed by atoms with van der Waals surface area (Å²) in [5.41, 5.74) is 2.20. The van der Waals surface area contributed by atoms with E-state index in [-0.39, 0.29) is 0 Å². The van der Waals surface area contributed by atoms with Crippen molar-refractivity contribution in [3.63, 3.8) is 0 Å². The Balaban J connectivity index is 1.60. The minimum absolute atomic E-state index is 0.406. The predicted octanol–water partition coefficient (Wildman–Crippen LogP) is 6.21. The molecule has 0 fully saturated rings. The summed E-state index contributed by atoms with van der Waals surface area (Å²) in [6.07, 6.45) is 2.76. The molecule has 3 aromatic carbocycles. The molecule has 0 bridgehead atoms. The summed E-state index contributed by atoms with van der Waals surface area (Å²) in [6.45, 7) is 2.79. The van der Waals surface area contributed by atoms with Gasteiger partial charge >= 0.3 is 5.97 Å². The molecule has 0 amide bonds. The first-order valence-corrected chi connectivity index (χ1v) is 9.78. The zero-order valence-corrected chi connectivity index (χ0v) is 17.1. The minimum Gasteiger partial charge on any atom is -0.494 e. The average Bonchev–Trinajstić information content (AvgIpc) is 2.72. The number of benzene rings is 3. The van der Waals surface area contributed by atoms with Gasteiger partial charge in [-0.3, -0.25) is 4.99 Å². The summed E-state index contributed by atoms with van der Waals surface area (Å²) in [4.78, 5) is 16.7. The van der Waals surface area contributed by atoms with Crippen LogP contribution in [-0.2, 0) is 0 Å². The fraction of sp³-hybridized carbons (Fsp3) is 0.130. The van der Waals surface area contributed by atoms with Crippen LogP contribution in [0.2, 0.25) is 0 Å². The smallest absolute Gasteiger partial charge is 0.343 e. The molecule has 0 radical (unpaired) electrons. The topological polar surface area (TPSA) is 47.9 Å². The molecule has 0 aliphatic heterocycles. The van der Waals surface area contributed by atoms with E-state index in [0.717, 1.165) is 27.9 Å². The third kappa shape index (κ3) is 5.79. The van der Waals surface area contributed by atoms with E-state index in [1.807, 2.05) is 36.4 Å². The van der Waals surface area contributed by atoms with Crippen molar-refractivity contribution in [2.75, 3.05) is 6.61 Å². The van der Waals surface area contributed by atoms with Gasteiger partial charge in [-0.2, -0.15) is 0 Å². The van der Waals surface area contributed by atoms with E-state index in [0.29, 0.717) is 17.9 Å². The number of ether oxygens (including phenoxy) is 2. The first-order chi connectivity index (χ1) is 13.6. The van der Waals surface area contributed by atoms with Gasteiger partial charge in [-0.05, 0) is 78.7 Å². The first kappa shape index (κ1) is 19.8. The monoisotopic (exact) mass is 437 g/mol. The molecule has 0 N–H and O–H groups in total. The zero-order valence-electron chi connectivity index (χ0n) is 15.5. The summed E-state index contributed by atoms with van der Waals surface area (Å²) < 4.78 is 11.8. The van der Waals surface area contributed by atoms with Gasteiger partial charge in [-0.25, -0.2) is 4.79 Å². The van der Waals surface area contributed by atoms with Crippen LogP contribution in [0.5, 0.6) is 11.5 Å². The number of rotatable bonds is 7. The highest BCUT2D eigenvalue weighted by molar-refractivity contribution is 9.10. The Morgan fingerprint density at radius 3 is 2.43 bits per heavy atom. The van der Waals surface area contributed by atoms with Crippen molar-refractivity contribution >= 4 is 33.8 Å². The SMILES string of the molecule is CCCOc1ccc(C=Nc2ccc(C(=O)Oc3cccc(Br)c3)cc2)cc1. The number of halogens is 1. The Morgan fingerprint density at radius 2 is 1.75 bits per heavy atom. The summed E-state index contributed by atoms with van der Waals surface area (Å²) in [5, 5.41) is 0. The number of esters is 1. The maximum atomic E-state index is 12.2. The van der Waals surface area contributed by atoms with Crippen LogP contribution in [0.4, 0.5) is 5.69 Å². The molecule has 3 aromatic rings. The van der Waals surface area contributed by atoms with E-state index >= 15 is 0 Å². The Labute approximate surface area is 173 Å². The largest absolute Gasteiger partial charge is 0.494 e. The second kappa shape index (κ2) is 9.85. The Bertz CT molecular complexity index is 950. The van der Waals surface area contributed by atoms with E-state index in [1.165, 1.54) is 0 Å². The molecule has 0 atom stereocenters. The van der Waals surface area contributed by atoms with Crippen LogP contribution >= 0.6 is 15.9 Å². The van der Waals surface area contributed by atoms with Gasteiger partial charge in [-0.15, -0.1) is 0 Å². The second-order valence-corrected chi connectivity index (χ2v) is 6.99. The van der Waals surface area contributed by atoms with Crippen LogP contribution in [0.3, 0.4) is 0 Å². The molecular formula is C23H20BrNO3. The molecule has 5 heteroatoms. The molecule has 0 aliphatic rings. The Kier molecular flexibility index (Phi) is 6.98. The molecule has 28 heavy (non-hydrogen) atoms. The molecule has 0 saturated heterocycles. The van der Waals surface area contributed by atoms with Gasteiger partial charge in [0.1, 0.15) is 11.5 Å². The van der Waals surface area contributed by atoms with E-state index in [2.05, 4.69) is 27.8 Å². The second-order valence-electron chi connectivity index (χ2n) is 6.07. The van der Waals surface area contributed by atoms with E-state index in [9.17, 15) is 4.79 Å². The van der Waals surface area contributed by atoms with Crippen LogP contribution in [0.1, 0.15) is 29.3 Å². The van der Waals surface area contributed by atoms with E-state index in [4.69, 9.17) is 9.47 Å². The van der Waals surface area contributed by atoms with Crippen molar-refractivity contribution in [2.45, 2.75) is 13.3 Å². The molecule has 0 aromatic heterocycles. The average molecular weight is 438 g/mol. The summed E-state index contributed by atoms with van der Waals surface area (Å²) in [5.74, 6) is 0.941. The van der Waals surface area contributed by atoms with Crippen molar-refractivity contribution in [1.82, 2.24) is 0 Å². The number of hydrogen-bond acceptors (Lipinski definition) is 4. The maximum absolute atomic E-state index is 12.2. The van der Waals surface area contributed by atoms with Crippen molar-refractivity contribution in [2.24, 2.45) is 4.99 Å². The molecule has 3 rings (SSSR count). The van der Waals surface area contributed by atoms with E-state index < -0.39 is 5.97 Å². The number of hydrogen-bond donors (Lipinski definition) is 0. The molecule has 4 nitrogen and oxygen atoms in total. The molecule has 0 saturated carbocycles. The lowest BCUT2D eigenvalue weighted by atomic mass is 10.2. The van der Waals surface area contributed by atoms with Crippen LogP contribution in [0.15, 0.2) is 82.3 Å². The highest BCUT2D eigenvalue weighted by atomic mass is 79.9. The lowest BCUT2D eigenvalue weighted by Crippen LogP contribution is -2.07. The van der Waals surface area contributed by atoms with Gasteiger partial charge < -0.3 is 9.47 Å². The number of nitrogens with zero attached hydrogens (tertiary/aromatic N) is 1. The van der Waals surface area contributed by atoms with Crippen LogP contribution in [0.25, 0.3) is 0 Å². The fourth-order valence-corrected chi connectivity index (χ4v) is 2.78. The van der Waals surface area contributed by atoms with Crippen molar-refractivity contribution < 1.29 is 14.3 Å². The number of carbonyl (C=O) groups excluding carboxylic acids is 1. The Hall–Kier alpha value is -2.92. The highest BCUT2D eigenvalue weighted by Gasteiger charge is 2.08. The first-order valence-electron chi connectivity index (χ1n) is 8.99. The van der Waals surface area contributed by atoms with Gasteiger partial charge in [0.25, 0.3) is 0 Å². The maximum Gasteiger partial charge on any atom is 0.343 e. The lowest BCUT2D eigenvalue weighted by Gasteiger charge is -2.05. The van der Waals surface area contributed by atoms with Gasteiger partial charge in [0.15, 0.2) is 0 Å². The van der Waals surface area contributed by atoms with Crippen LogP contribution in [-0.4, -0.2) is 18.8 Å². The molecule has 0 aliphatic carbocycles. The standard InChI is InChI=1S/C23H20BrNO3/c1-2-14-27-21-12-6-17(7-13-21)16-25-20-10-8-18(9-11-20)23(26)28-22-5-3-4-19(24)15-22/h3-13,15-16H,2,14H2,1H3. The molecular weight excluding hydrogens is 418 g/mol. The van der Waals surface area contributed by atoms with Crippen LogP contribution < -0.4 is 9.47 Å². The Morgan fingerprint density at radius 1 is 1.00 bits per heavy atom. The lowest BCUT2D eigenvalue weighted by molar-refractivity contribution is 0.0734. The van der Waals surface area contributed by atoms with Crippen molar-refractivity contribution in [3.8, 4) is 11.5 Å². The third-order valence-corrected chi connectivity index (χ3v) is 4.32. The molecule has 142 valence electrons. The normalized spacial score (nSPS) is 10.8. The van der Waals surface area contributed by atoms with Crippen molar-refractivity contribution in [1.29, 1.82) is 0 Å².